The molecule has 1 aromatic carbocycles. The maximum atomic E-state index is 13.8. The second-order valence-corrected chi connectivity index (χ2v) is 14.8. The Kier molecular flexibility index (Phi) is 9.81. The Balaban J connectivity index is 1.32. The zero-order chi connectivity index (χ0) is 33.2. The Bertz CT molecular complexity index is 1710. The topological polar surface area (TPSA) is 167 Å². The van der Waals surface area contributed by atoms with E-state index in [9.17, 15) is 27.9 Å². The number of carbonyl (C=O) groups excluding carboxylic acids is 2. The molecule has 3 aromatic rings. The van der Waals surface area contributed by atoms with Crippen molar-refractivity contribution in [1.29, 1.82) is 0 Å². The van der Waals surface area contributed by atoms with Crippen LogP contribution in [0.3, 0.4) is 0 Å². The van der Waals surface area contributed by atoms with E-state index < -0.39 is 56.4 Å². The summed E-state index contributed by atoms with van der Waals surface area (Å²) in [6.07, 6.45) is 2.09. The van der Waals surface area contributed by atoms with Crippen molar-refractivity contribution in [2.75, 3.05) is 36.8 Å². The third-order valence-electron chi connectivity index (χ3n) is 7.49. The lowest BCUT2D eigenvalue weighted by molar-refractivity contribution is -0.146. The molecule has 0 bridgehead atoms. The Hall–Kier alpha value is -3.86. The second kappa shape index (κ2) is 13.5. The van der Waals surface area contributed by atoms with Crippen molar-refractivity contribution in [3.05, 3.63) is 65.4 Å². The normalized spacial score (nSPS) is 18.7. The molecule has 246 valence electrons. The number of aromatic nitrogens is 3. The first kappa shape index (κ1) is 33.5. The van der Waals surface area contributed by atoms with E-state index in [1.165, 1.54) is 54.0 Å². The Morgan fingerprint density at radius 3 is 2.48 bits per heavy atom. The molecule has 17 heteroatoms. The van der Waals surface area contributed by atoms with E-state index in [0.29, 0.717) is 41.8 Å². The smallest absolute Gasteiger partial charge is 0.415 e. The van der Waals surface area contributed by atoms with Gasteiger partial charge in [0.05, 0.1) is 5.02 Å². The minimum atomic E-state index is -4.68. The SMILES string of the molecule is Cn1ccc(S(=O)(=O)N(C(=O)[C@H]2NC(C)(C)CS2)[C@@H](Cc2ccc(OC(=O)N3CCN(c4ccccn4)CC3)c(Cl)c2)C(=O)O)n1. The number of piperazine rings is 1. The summed E-state index contributed by atoms with van der Waals surface area (Å²) in [6, 6.07) is 9.28. The number of carboxylic acids is 1. The molecule has 2 N–H and O–H groups in total. The lowest BCUT2D eigenvalue weighted by Gasteiger charge is -2.34. The Morgan fingerprint density at radius 1 is 1.17 bits per heavy atom. The van der Waals surface area contributed by atoms with Gasteiger partial charge in [0.25, 0.3) is 15.9 Å². The number of carboxylic acid groups (broad SMARTS) is 1. The van der Waals surface area contributed by atoms with Gasteiger partial charge in [0.2, 0.25) is 0 Å². The highest BCUT2D eigenvalue weighted by Gasteiger charge is 2.46. The number of aliphatic carboxylic acids is 1. The van der Waals surface area contributed by atoms with Crippen molar-refractivity contribution >= 4 is 57.2 Å². The zero-order valence-corrected chi connectivity index (χ0v) is 27.8. The van der Waals surface area contributed by atoms with Crippen LogP contribution >= 0.6 is 23.4 Å². The third-order valence-corrected chi connectivity index (χ3v) is 11.0. The van der Waals surface area contributed by atoms with E-state index in [0.717, 1.165) is 5.82 Å². The van der Waals surface area contributed by atoms with Crippen LogP contribution in [0.4, 0.5) is 10.6 Å². The van der Waals surface area contributed by atoms with Gasteiger partial charge in [0.1, 0.15) is 17.2 Å². The number of aryl methyl sites for hydroxylation is 1. The average molecular weight is 692 g/mol. The first-order chi connectivity index (χ1) is 21.7. The maximum absolute atomic E-state index is 13.8. The summed E-state index contributed by atoms with van der Waals surface area (Å²) in [5.41, 5.74) is -0.167. The van der Waals surface area contributed by atoms with Gasteiger partial charge >= 0.3 is 12.1 Å². The Labute approximate surface area is 275 Å². The standard InChI is InChI=1S/C29H34ClN7O7S2/c1-29(2)18-45-25(32-29)26(38)37(46(42,43)24-9-11-34(3)33-24)21(27(39)40)17-19-7-8-22(20(30)16-19)44-28(41)36-14-12-35(13-15-36)23-6-4-5-10-31-23/h4-11,16,21,25,32H,12-15,17-18H2,1-3H3,(H,39,40)/t21-,25-/m0/s1. The number of hydrogen-bond acceptors (Lipinski definition) is 11. The first-order valence-corrected chi connectivity index (χ1v) is 17.2. The monoisotopic (exact) mass is 691 g/mol. The van der Waals surface area contributed by atoms with E-state index in [-0.39, 0.29) is 10.8 Å². The third kappa shape index (κ3) is 7.40. The number of benzene rings is 1. The predicted octanol–water partition coefficient (Wildman–Crippen LogP) is 2.44. The summed E-state index contributed by atoms with van der Waals surface area (Å²) in [4.78, 5) is 47.3. The number of anilines is 1. The molecule has 14 nitrogen and oxygen atoms in total. The minimum absolute atomic E-state index is 0.0161. The van der Waals surface area contributed by atoms with E-state index in [1.54, 1.807) is 11.1 Å². The fourth-order valence-corrected chi connectivity index (χ4v) is 8.26. The number of sulfonamides is 1. The fourth-order valence-electron chi connectivity index (χ4n) is 5.12. The van der Waals surface area contributed by atoms with Crippen molar-refractivity contribution in [2.24, 2.45) is 7.05 Å². The molecule has 2 saturated heterocycles. The van der Waals surface area contributed by atoms with Gasteiger partial charge in [0.15, 0.2) is 10.8 Å². The number of nitrogens with one attached hydrogen (secondary N) is 1. The number of carbonyl (C=O) groups is 3. The number of rotatable bonds is 9. The molecule has 4 heterocycles. The number of nitrogens with zero attached hydrogens (tertiary/aromatic N) is 6. The molecule has 2 fully saturated rings. The summed E-state index contributed by atoms with van der Waals surface area (Å²) in [5.74, 6) is -1.07. The molecule has 2 amide bonds. The summed E-state index contributed by atoms with van der Waals surface area (Å²) >= 11 is 7.65. The molecule has 2 aromatic heterocycles. The van der Waals surface area contributed by atoms with Crippen LogP contribution in [-0.4, -0.2) is 104 Å². The van der Waals surface area contributed by atoms with Gasteiger partial charge in [-0.05, 0) is 49.7 Å². The van der Waals surface area contributed by atoms with Gasteiger partial charge in [-0.1, -0.05) is 23.7 Å². The van der Waals surface area contributed by atoms with Gasteiger partial charge in [-0.25, -0.2) is 18.9 Å². The van der Waals surface area contributed by atoms with Crippen molar-refractivity contribution < 1.29 is 32.6 Å². The molecule has 2 aliphatic heterocycles. The summed E-state index contributed by atoms with van der Waals surface area (Å²) < 4.78 is 34.7. The number of hydrogen-bond donors (Lipinski definition) is 2. The van der Waals surface area contributed by atoms with Crippen LogP contribution in [0.25, 0.3) is 0 Å². The highest BCUT2D eigenvalue weighted by atomic mass is 35.5. The van der Waals surface area contributed by atoms with Gasteiger partial charge in [-0.3, -0.25) is 14.8 Å². The van der Waals surface area contributed by atoms with Crippen molar-refractivity contribution in [2.45, 2.75) is 42.2 Å². The highest BCUT2D eigenvalue weighted by molar-refractivity contribution is 8.01. The molecule has 5 rings (SSSR count). The van der Waals surface area contributed by atoms with Gasteiger partial charge in [-0.2, -0.15) is 13.5 Å². The zero-order valence-electron chi connectivity index (χ0n) is 25.4. The molecule has 0 aliphatic carbocycles. The van der Waals surface area contributed by atoms with Crippen LogP contribution in [0.5, 0.6) is 5.75 Å². The molecule has 2 atom stereocenters. The molecular formula is C29H34ClN7O7S2. The summed E-state index contributed by atoms with van der Waals surface area (Å²) in [5, 5.41) is 15.8. The fraction of sp³-hybridized carbons (Fsp3) is 0.414. The molecule has 0 saturated carbocycles. The number of pyridine rings is 1. The van der Waals surface area contributed by atoms with Crippen LogP contribution in [0, 0.1) is 0 Å². The van der Waals surface area contributed by atoms with E-state index in [1.807, 2.05) is 32.0 Å². The van der Waals surface area contributed by atoms with Crippen LogP contribution in [0.2, 0.25) is 5.02 Å². The van der Waals surface area contributed by atoms with Gasteiger partial charge in [-0.15, -0.1) is 11.8 Å². The lowest BCUT2D eigenvalue weighted by atomic mass is 10.1. The summed E-state index contributed by atoms with van der Waals surface area (Å²) in [7, 11) is -3.18. The van der Waals surface area contributed by atoms with E-state index in [2.05, 4.69) is 20.3 Å². The lowest BCUT2D eigenvalue weighted by Crippen LogP contribution is -2.55. The van der Waals surface area contributed by atoms with Gasteiger partial charge < -0.3 is 19.6 Å². The van der Waals surface area contributed by atoms with Crippen molar-refractivity contribution in [1.82, 2.24) is 29.3 Å². The molecule has 0 spiro atoms. The maximum Gasteiger partial charge on any atom is 0.415 e. The van der Waals surface area contributed by atoms with Crippen LogP contribution < -0.4 is 15.0 Å². The average Bonchev–Trinajstić information content (AvgIpc) is 3.63. The van der Waals surface area contributed by atoms with Crippen molar-refractivity contribution in [3.8, 4) is 5.75 Å². The van der Waals surface area contributed by atoms with Crippen molar-refractivity contribution in [3.63, 3.8) is 0 Å². The molecule has 2 aliphatic rings. The Morgan fingerprint density at radius 2 is 1.91 bits per heavy atom. The van der Waals surface area contributed by atoms with E-state index in [4.69, 9.17) is 16.3 Å². The largest absolute Gasteiger partial charge is 0.480 e. The number of ether oxygens (including phenoxy) is 1. The van der Waals surface area contributed by atoms with Crippen LogP contribution in [0.1, 0.15) is 19.4 Å². The molecule has 46 heavy (non-hydrogen) atoms. The first-order valence-electron chi connectivity index (χ1n) is 14.4. The van der Waals surface area contributed by atoms with E-state index >= 15 is 0 Å². The summed E-state index contributed by atoms with van der Waals surface area (Å²) in [6.45, 7) is 5.67. The number of thioether (sulfide) groups is 1. The number of amides is 2. The quantitative estimate of drug-likeness (QED) is 0.337. The molecular weight excluding hydrogens is 658 g/mol. The highest BCUT2D eigenvalue weighted by Crippen LogP contribution is 2.32. The molecule has 0 unspecified atom stereocenters. The second-order valence-electron chi connectivity index (χ2n) is 11.5. The van der Waals surface area contributed by atoms with Gasteiger partial charge in [0, 0.05) is 63.3 Å². The predicted molar refractivity (Wildman–Crippen MR) is 171 cm³/mol. The number of halogens is 1. The minimum Gasteiger partial charge on any atom is -0.480 e. The van der Waals surface area contributed by atoms with Crippen LogP contribution in [-0.2, 0) is 33.1 Å². The van der Waals surface area contributed by atoms with Crippen LogP contribution in [0.15, 0.2) is 59.9 Å². The molecule has 0 radical (unpaired) electrons.